The van der Waals surface area contributed by atoms with Gasteiger partial charge in [0.2, 0.25) is 0 Å². The van der Waals surface area contributed by atoms with Gasteiger partial charge in [-0.15, -0.1) is 0 Å². The molecule has 3 atom stereocenters. The van der Waals surface area contributed by atoms with Gasteiger partial charge in [0.1, 0.15) is 5.60 Å². The van der Waals surface area contributed by atoms with E-state index in [1.165, 1.54) is 0 Å². The summed E-state index contributed by atoms with van der Waals surface area (Å²) in [6, 6.07) is 0. The predicted octanol–water partition coefficient (Wildman–Crippen LogP) is 1.56. The molecule has 0 unspecified atom stereocenters. The minimum absolute atomic E-state index is 0.268. The van der Waals surface area contributed by atoms with Gasteiger partial charge in [-0.1, -0.05) is 12.2 Å². The second kappa shape index (κ2) is 2.43. The molecule has 0 aromatic carbocycles. The number of carbonyl (C=O) groups excluding carboxylic acids is 1. The van der Waals surface area contributed by atoms with Crippen molar-refractivity contribution >= 4 is 5.78 Å². The predicted molar refractivity (Wildman–Crippen MR) is 45.8 cm³/mol. The van der Waals surface area contributed by atoms with Gasteiger partial charge < -0.3 is 4.74 Å². The van der Waals surface area contributed by atoms with Crippen LogP contribution in [0.15, 0.2) is 12.2 Å². The maximum absolute atomic E-state index is 11.6. The Morgan fingerprint density at radius 2 is 2.42 bits per heavy atom. The highest BCUT2D eigenvalue weighted by Gasteiger charge is 2.51. The fourth-order valence-corrected chi connectivity index (χ4v) is 2.42. The van der Waals surface area contributed by atoms with Crippen LogP contribution in [0.2, 0.25) is 0 Å². The van der Waals surface area contributed by atoms with Gasteiger partial charge in [0.05, 0.1) is 0 Å². The molecule has 0 aliphatic heterocycles. The number of hydrogen-bond acceptors (Lipinski definition) is 2. The Labute approximate surface area is 72.6 Å². The lowest BCUT2D eigenvalue weighted by atomic mass is 9.89. The van der Waals surface area contributed by atoms with Crippen molar-refractivity contribution in [3.63, 3.8) is 0 Å². The quantitative estimate of drug-likeness (QED) is 0.552. The van der Waals surface area contributed by atoms with Crippen LogP contribution in [0.4, 0.5) is 0 Å². The van der Waals surface area contributed by atoms with Crippen LogP contribution in [0.5, 0.6) is 0 Å². The number of allylic oxidation sites excluding steroid dienone is 1. The Kier molecular flexibility index (Phi) is 1.62. The van der Waals surface area contributed by atoms with E-state index in [-0.39, 0.29) is 5.78 Å². The Morgan fingerprint density at radius 1 is 1.67 bits per heavy atom. The van der Waals surface area contributed by atoms with Gasteiger partial charge >= 0.3 is 0 Å². The third-order valence-electron chi connectivity index (χ3n) is 3.35. The average molecular weight is 166 g/mol. The smallest absolute Gasteiger partial charge is 0.165 e. The molecule has 2 nitrogen and oxygen atoms in total. The first kappa shape index (κ1) is 7.99. The minimum Gasteiger partial charge on any atom is -0.370 e. The molecule has 0 spiro atoms. The maximum Gasteiger partial charge on any atom is 0.165 e. The molecule has 0 heterocycles. The normalized spacial score (nSPS) is 45.3. The molecule has 0 bridgehead atoms. The summed E-state index contributed by atoms with van der Waals surface area (Å²) in [6.45, 7) is 1.91. The minimum atomic E-state index is -0.530. The first-order valence-electron chi connectivity index (χ1n) is 4.43. The highest BCUT2D eigenvalue weighted by molar-refractivity contribution is 5.90. The zero-order valence-corrected chi connectivity index (χ0v) is 7.54. The van der Waals surface area contributed by atoms with Crippen LogP contribution >= 0.6 is 0 Å². The topological polar surface area (TPSA) is 26.3 Å². The summed E-state index contributed by atoms with van der Waals surface area (Å²) in [7, 11) is 1.63. The van der Waals surface area contributed by atoms with Crippen molar-refractivity contribution in [2.45, 2.75) is 25.4 Å². The van der Waals surface area contributed by atoms with Gasteiger partial charge in [0.25, 0.3) is 0 Å². The van der Waals surface area contributed by atoms with Crippen LogP contribution in [-0.4, -0.2) is 18.5 Å². The lowest BCUT2D eigenvalue weighted by molar-refractivity contribution is -0.137. The molecule has 2 heteroatoms. The van der Waals surface area contributed by atoms with Crippen LogP contribution in [0.1, 0.15) is 19.8 Å². The SMILES string of the molecule is CO[C@@]1(C)C(=O)C[C@@H]2CC=C[C@@H]21. The third-order valence-corrected chi connectivity index (χ3v) is 3.35. The number of Topliss-reactive ketones (excluding diaryl/α,β-unsaturated/α-hetero) is 1. The molecular formula is C10H14O2. The molecule has 1 saturated carbocycles. The Morgan fingerprint density at radius 3 is 3.08 bits per heavy atom. The molecule has 66 valence electrons. The van der Waals surface area contributed by atoms with E-state index in [0.717, 1.165) is 6.42 Å². The number of fused-ring (bicyclic) bond motifs is 1. The molecule has 2 aliphatic carbocycles. The van der Waals surface area contributed by atoms with Gasteiger partial charge in [-0.05, 0) is 19.3 Å². The molecule has 1 fully saturated rings. The Hall–Kier alpha value is -0.630. The van der Waals surface area contributed by atoms with Crippen molar-refractivity contribution in [3.8, 4) is 0 Å². The molecule has 0 aromatic heterocycles. The molecule has 0 radical (unpaired) electrons. The summed E-state index contributed by atoms with van der Waals surface area (Å²) < 4.78 is 5.32. The monoisotopic (exact) mass is 166 g/mol. The number of carbonyl (C=O) groups is 1. The van der Waals surface area contributed by atoms with Crippen molar-refractivity contribution in [2.24, 2.45) is 11.8 Å². The first-order valence-corrected chi connectivity index (χ1v) is 4.43. The fourth-order valence-electron chi connectivity index (χ4n) is 2.42. The summed E-state index contributed by atoms with van der Waals surface area (Å²) in [5, 5.41) is 0. The van der Waals surface area contributed by atoms with Gasteiger partial charge in [-0.25, -0.2) is 0 Å². The molecule has 0 N–H and O–H groups in total. The second-order valence-corrected chi connectivity index (χ2v) is 3.89. The van der Waals surface area contributed by atoms with Gasteiger partial charge in [-0.3, -0.25) is 4.79 Å². The second-order valence-electron chi connectivity index (χ2n) is 3.89. The summed E-state index contributed by atoms with van der Waals surface area (Å²) in [6.07, 6.45) is 6.05. The molecule has 0 saturated heterocycles. The number of ether oxygens (including phenoxy) is 1. The van der Waals surface area contributed by atoms with Gasteiger partial charge in [0.15, 0.2) is 5.78 Å². The van der Waals surface area contributed by atoms with Crippen LogP contribution in [0.3, 0.4) is 0 Å². The molecule has 12 heavy (non-hydrogen) atoms. The van der Waals surface area contributed by atoms with E-state index in [9.17, 15) is 4.79 Å². The summed E-state index contributed by atoms with van der Waals surface area (Å²) in [5.41, 5.74) is -0.530. The van der Waals surface area contributed by atoms with Crippen LogP contribution in [0.25, 0.3) is 0 Å². The fraction of sp³-hybridized carbons (Fsp3) is 0.700. The van der Waals surface area contributed by atoms with Crippen LogP contribution in [-0.2, 0) is 9.53 Å². The van der Waals surface area contributed by atoms with E-state index in [4.69, 9.17) is 4.74 Å². The van der Waals surface area contributed by atoms with Crippen LogP contribution < -0.4 is 0 Å². The lowest BCUT2D eigenvalue weighted by Gasteiger charge is -2.26. The van der Waals surface area contributed by atoms with Crippen molar-refractivity contribution in [3.05, 3.63) is 12.2 Å². The van der Waals surface area contributed by atoms with E-state index in [1.54, 1.807) is 7.11 Å². The largest absolute Gasteiger partial charge is 0.370 e. The number of hydrogen-bond donors (Lipinski definition) is 0. The first-order chi connectivity index (χ1) is 5.68. The Balaban J connectivity index is 2.32. The van der Waals surface area contributed by atoms with Crippen molar-refractivity contribution in [1.29, 1.82) is 0 Å². The molecule has 2 aliphatic rings. The third kappa shape index (κ3) is 0.816. The lowest BCUT2D eigenvalue weighted by Crippen LogP contribution is -2.38. The van der Waals surface area contributed by atoms with E-state index in [0.29, 0.717) is 18.3 Å². The molecule has 0 amide bonds. The van der Waals surface area contributed by atoms with Crippen molar-refractivity contribution in [2.75, 3.05) is 7.11 Å². The maximum atomic E-state index is 11.6. The average Bonchev–Trinajstić information content (AvgIpc) is 2.57. The van der Waals surface area contributed by atoms with E-state index in [1.807, 2.05) is 6.92 Å². The zero-order chi connectivity index (χ0) is 8.77. The number of methoxy groups -OCH3 is 1. The summed E-state index contributed by atoms with van der Waals surface area (Å²) in [4.78, 5) is 11.6. The Bertz CT molecular complexity index is 244. The van der Waals surface area contributed by atoms with E-state index < -0.39 is 5.60 Å². The zero-order valence-electron chi connectivity index (χ0n) is 7.54. The van der Waals surface area contributed by atoms with Crippen LogP contribution in [0, 0.1) is 11.8 Å². The van der Waals surface area contributed by atoms with Crippen molar-refractivity contribution < 1.29 is 9.53 Å². The highest BCUT2D eigenvalue weighted by Crippen LogP contribution is 2.45. The summed E-state index contributed by atoms with van der Waals surface area (Å²) >= 11 is 0. The molecule has 2 rings (SSSR count). The number of ketones is 1. The number of rotatable bonds is 1. The van der Waals surface area contributed by atoms with Gasteiger partial charge in [0, 0.05) is 19.4 Å². The summed E-state index contributed by atoms with van der Waals surface area (Å²) in [5.74, 6) is 1.11. The highest BCUT2D eigenvalue weighted by atomic mass is 16.5. The van der Waals surface area contributed by atoms with Crippen molar-refractivity contribution in [1.82, 2.24) is 0 Å². The molecule has 0 aromatic rings. The molecular weight excluding hydrogens is 152 g/mol. The standard InChI is InChI=1S/C10H14O2/c1-10(12-2)8-5-3-4-7(8)6-9(10)11/h3,5,7-8H,4,6H2,1-2H3/t7-,8-,10+/m0/s1. The van der Waals surface area contributed by atoms with E-state index >= 15 is 0 Å². The van der Waals surface area contributed by atoms with Gasteiger partial charge in [-0.2, -0.15) is 0 Å². The van der Waals surface area contributed by atoms with E-state index in [2.05, 4.69) is 12.2 Å².